The Balaban J connectivity index is 2.00. The molecule has 2 fully saturated rings. The molecule has 1 atom stereocenters. The molecule has 14 heavy (non-hydrogen) atoms. The smallest absolute Gasteiger partial charge is 0.128 e. The van der Waals surface area contributed by atoms with E-state index < -0.39 is 0 Å². The number of hydrogen-bond donors (Lipinski definition) is 1. The monoisotopic (exact) mass is 196 g/mol. The van der Waals surface area contributed by atoms with Crippen molar-refractivity contribution in [3.05, 3.63) is 0 Å². The molecule has 0 spiro atoms. The van der Waals surface area contributed by atoms with E-state index in [9.17, 15) is 0 Å². The van der Waals surface area contributed by atoms with Crippen LogP contribution in [0.4, 0.5) is 0 Å². The number of amidine groups is 1. The van der Waals surface area contributed by atoms with E-state index >= 15 is 0 Å². The minimum Gasteiger partial charge on any atom is -0.367 e. The predicted molar refractivity (Wildman–Crippen MR) is 56.7 cm³/mol. The third-order valence-corrected chi connectivity index (χ3v) is 3.39. The van der Waals surface area contributed by atoms with E-state index in [0.717, 1.165) is 38.4 Å². The molecule has 2 aliphatic rings. The summed E-state index contributed by atoms with van der Waals surface area (Å²) in [6, 6.07) is 0. The van der Waals surface area contributed by atoms with Crippen LogP contribution in [0.1, 0.15) is 39.0 Å². The molecule has 0 radical (unpaired) electrons. The molecule has 0 aromatic heterocycles. The summed E-state index contributed by atoms with van der Waals surface area (Å²) in [5.41, 5.74) is -0.289. The maximum absolute atomic E-state index is 8.18. The van der Waals surface area contributed by atoms with Gasteiger partial charge in [0.05, 0.1) is 0 Å². The number of nitrogens with one attached hydrogen (secondary N) is 1. The molecule has 2 aliphatic heterocycles. The third kappa shape index (κ3) is 1.78. The maximum Gasteiger partial charge on any atom is 0.128 e. The zero-order chi connectivity index (χ0) is 10.0. The first-order chi connectivity index (χ1) is 6.72. The van der Waals surface area contributed by atoms with Crippen molar-refractivity contribution in [3.63, 3.8) is 0 Å². The lowest BCUT2D eigenvalue weighted by molar-refractivity contribution is -0.0228. The van der Waals surface area contributed by atoms with Gasteiger partial charge in [0.15, 0.2) is 0 Å². The molecule has 1 unspecified atom stereocenters. The Morgan fingerprint density at radius 2 is 1.93 bits per heavy atom. The zero-order valence-electron chi connectivity index (χ0n) is 9.01. The molecule has 0 aliphatic carbocycles. The van der Waals surface area contributed by atoms with Crippen LogP contribution in [0, 0.1) is 5.41 Å². The van der Waals surface area contributed by atoms with Crippen LogP contribution in [0.15, 0.2) is 0 Å². The number of hydrogen-bond acceptors (Lipinski definition) is 2. The highest BCUT2D eigenvalue weighted by Gasteiger charge is 2.36. The van der Waals surface area contributed by atoms with E-state index in [1.54, 1.807) is 0 Å². The van der Waals surface area contributed by atoms with Gasteiger partial charge in [-0.3, -0.25) is 5.41 Å². The Hall–Kier alpha value is -0.570. The molecule has 3 nitrogen and oxygen atoms in total. The van der Waals surface area contributed by atoms with E-state index in [4.69, 9.17) is 10.1 Å². The van der Waals surface area contributed by atoms with Crippen LogP contribution in [0.5, 0.6) is 0 Å². The lowest BCUT2D eigenvalue weighted by Crippen LogP contribution is -2.49. The van der Waals surface area contributed by atoms with Gasteiger partial charge in [0, 0.05) is 19.7 Å². The van der Waals surface area contributed by atoms with E-state index in [1.165, 1.54) is 19.3 Å². The Bertz CT molecular complexity index is 215. The first kappa shape index (κ1) is 9.97. The van der Waals surface area contributed by atoms with Crippen molar-refractivity contribution in [2.24, 2.45) is 0 Å². The van der Waals surface area contributed by atoms with Gasteiger partial charge in [0.25, 0.3) is 0 Å². The van der Waals surface area contributed by atoms with Crippen LogP contribution in [-0.2, 0) is 4.74 Å². The fourth-order valence-electron chi connectivity index (χ4n) is 2.40. The summed E-state index contributed by atoms with van der Waals surface area (Å²) in [5.74, 6) is 0.717. The molecule has 2 rings (SSSR count). The van der Waals surface area contributed by atoms with Crippen LogP contribution >= 0.6 is 0 Å². The molecule has 0 aromatic carbocycles. The van der Waals surface area contributed by atoms with Crippen molar-refractivity contribution in [2.75, 3.05) is 19.7 Å². The van der Waals surface area contributed by atoms with Crippen LogP contribution in [-0.4, -0.2) is 36.0 Å². The van der Waals surface area contributed by atoms with Gasteiger partial charge < -0.3 is 9.64 Å². The summed E-state index contributed by atoms with van der Waals surface area (Å²) in [5, 5.41) is 8.18. The minimum absolute atomic E-state index is 0.289. The molecule has 0 aromatic rings. The summed E-state index contributed by atoms with van der Waals surface area (Å²) >= 11 is 0. The SMILES string of the molecule is CC1(C(=N)N2CCCC2)CCCCO1. The van der Waals surface area contributed by atoms with Gasteiger partial charge in [-0.05, 0) is 39.0 Å². The second kappa shape index (κ2) is 3.89. The van der Waals surface area contributed by atoms with Gasteiger partial charge in [0.2, 0.25) is 0 Å². The number of nitrogens with zero attached hydrogens (tertiary/aromatic N) is 1. The number of ether oxygens (including phenoxy) is 1. The number of likely N-dealkylation sites (tertiary alicyclic amines) is 1. The zero-order valence-corrected chi connectivity index (χ0v) is 9.01. The van der Waals surface area contributed by atoms with Gasteiger partial charge in [-0.25, -0.2) is 0 Å². The Morgan fingerprint density at radius 3 is 2.50 bits per heavy atom. The standard InChI is InChI=1S/C11H20N2O/c1-11(6-2-5-9-14-11)10(12)13-7-3-4-8-13/h12H,2-9H2,1H3. The first-order valence-corrected chi connectivity index (χ1v) is 5.70. The molecule has 2 saturated heterocycles. The average Bonchev–Trinajstić information content (AvgIpc) is 2.70. The second-order valence-electron chi connectivity index (χ2n) is 4.58. The lowest BCUT2D eigenvalue weighted by Gasteiger charge is -2.38. The van der Waals surface area contributed by atoms with Gasteiger partial charge in [-0.2, -0.15) is 0 Å². The Kier molecular flexibility index (Phi) is 2.77. The topological polar surface area (TPSA) is 36.3 Å². The largest absolute Gasteiger partial charge is 0.367 e. The maximum atomic E-state index is 8.18. The molecule has 3 heteroatoms. The normalized spacial score (nSPS) is 33.4. The molecule has 0 saturated carbocycles. The van der Waals surface area contributed by atoms with E-state index in [1.807, 2.05) is 0 Å². The van der Waals surface area contributed by atoms with Crippen LogP contribution < -0.4 is 0 Å². The highest BCUT2D eigenvalue weighted by molar-refractivity contribution is 5.87. The summed E-state index contributed by atoms with van der Waals surface area (Å²) < 4.78 is 5.77. The van der Waals surface area contributed by atoms with Crippen molar-refractivity contribution in [1.82, 2.24) is 4.90 Å². The molecule has 0 amide bonds. The summed E-state index contributed by atoms with van der Waals surface area (Å²) in [6.07, 6.45) is 5.84. The predicted octanol–water partition coefficient (Wildman–Crippen LogP) is 2.02. The van der Waals surface area contributed by atoms with Gasteiger partial charge >= 0.3 is 0 Å². The number of rotatable bonds is 1. The van der Waals surface area contributed by atoms with Gasteiger partial charge in [-0.15, -0.1) is 0 Å². The summed E-state index contributed by atoms with van der Waals surface area (Å²) in [6.45, 7) is 5.01. The van der Waals surface area contributed by atoms with Crippen LogP contribution in [0.2, 0.25) is 0 Å². The van der Waals surface area contributed by atoms with Crippen LogP contribution in [0.3, 0.4) is 0 Å². The quantitative estimate of drug-likeness (QED) is 0.514. The van der Waals surface area contributed by atoms with Crippen molar-refractivity contribution in [2.45, 2.75) is 44.6 Å². The van der Waals surface area contributed by atoms with Crippen molar-refractivity contribution >= 4 is 5.84 Å². The second-order valence-corrected chi connectivity index (χ2v) is 4.58. The minimum atomic E-state index is -0.289. The fourth-order valence-corrected chi connectivity index (χ4v) is 2.40. The van der Waals surface area contributed by atoms with Gasteiger partial charge in [0.1, 0.15) is 11.4 Å². The average molecular weight is 196 g/mol. The summed E-state index contributed by atoms with van der Waals surface area (Å²) in [4.78, 5) is 2.19. The highest BCUT2D eigenvalue weighted by Crippen LogP contribution is 2.28. The fraction of sp³-hybridized carbons (Fsp3) is 0.909. The molecule has 80 valence electrons. The molecular weight excluding hydrogens is 176 g/mol. The molecular formula is C11H20N2O. The van der Waals surface area contributed by atoms with Crippen molar-refractivity contribution in [1.29, 1.82) is 5.41 Å². The third-order valence-electron chi connectivity index (χ3n) is 3.39. The Morgan fingerprint density at radius 1 is 1.21 bits per heavy atom. The van der Waals surface area contributed by atoms with Crippen LogP contribution in [0.25, 0.3) is 0 Å². The molecule has 0 bridgehead atoms. The highest BCUT2D eigenvalue weighted by atomic mass is 16.5. The van der Waals surface area contributed by atoms with E-state index in [2.05, 4.69) is 11.8 Å². The van der Waals surface area contributed by atoms with Crippen molar-refractivity contribution in [3.8, 4) is 0 Å². The van der Waals surface area contributed by atoms with E-state index in [-0.39, 0.29) is 5.60 Å². The van der Waals surface area contributed by atoms with Crippen molar-refractivity contribution < 1.29 is 4.74 Å². The Labute approximate surface area is 85.9 Å². The van der Waals surface area contributed by atoms with Gasteiger partial charge in [-0.1, -0.05) is 0 Å². The van der Waals surface area contributed by atoms with E-state index in [0.29, 0.717) is 0 Å². The lowest BCUT2D eigenvalue weighted by atomic mass is 9.94. The first-order valence-electron chi connectivity index (χ1n) is 5.70. The summed E-state index contributed by atoms with van der Waals surface area (Å²) in [7, 11) is 0. The molecule has 1 N–H and O–H groups in total. The molecule has 2 heterocycles.